The van der Waals surface area contributed by atoms with Gasteiger partial charge in [-0.3, -0.25) is 4.79 Å². The molecule has 1 unspecified atom stereocenters. The molecule has 18 heavy (non-hydrogen) atoms. The second kappa shape index (κ2) is 5.58. The van der Waals surface area contributed by atoms with E-state index in [4.69, 9.17) is 5.73 Å². The van der Waals surface area contributed by atoms with Crippen LogP contribution in [0.2, 0.25) is 0 Å². The maximum Gasteiger partial charge on any atom is 0.242 e. The van der Waals surface area contributed by atoms with E-state index in [0.717, 1.165) is 6.26 Å². The Hall–Kier alpha value is -0.600. The maximum atomic E-state index is 11.8. The Morgan fingerprint density at radius 2 is 1.78 bits per heavy atom. The van der Waals surface area contributed by atoms with Gasteiger partial charge in [0.1, 0.15) is 5.25 Å². The van der Waals surface area contributed by atoms with Gasteiger partial charge in [-0.05, 0) is 50.9 Å². The van der Waals surface area contributed by atoms with Crippen molar-refractivity contribution in [3.05, 3.63) is 21.1 Å². The number of amides is 1. The molecule has 0 fully saturated rings. The van der Waals surface area contributed by atoms with Crippen LogP contribution in [0.25, 0.3) is 0 Å². The van der Waals surface area contributed by atoms with Gasteiger partial charge in [0.25, 0.3) is 0 Å². The molecule has 1 atom stereocenters. The molecular weight excluding hydrogens is 388 g/mol. The van der Waals surface area contributed by atoms with Crippen LogP contribution in [0.15, 0.2) is 21.1 Å². The summed E-state index contributed by atoms with van der Waals surface area (Å²) in [7, 11) is -3.42. The Labute approximate surface area is 122 Å². The Morgan fingerprint density at radius 1 is 1.33 bits per heavy atom. The second-order valence-corrected chi connectivity index (χ2v) is 7.90. The van der Waals surface area contributed by atoms with Gasteiger partial charge < -0.3 is 11.1 Å². The number of halogens is 2. The van der Waals surface area contributed by atoms with E-state index in [1.54, 1.807) is 12.1 Å². The van der Waals surface area contributed by atoms with Crippen LogP contribution < -0.4 is 11.1 Å². The van der Waals surface area contributed by atoms with Gasteiger partial charge in [-0.2, -0.15) is 0 Å². The molecule has 1 rings (SSSR count). The summed E-state index contributed by atoms with van der Waals surface area (Å²) < 4.78 is 23.7. The summed E-state index contributed by atoms with van der Waals surface area (Å²) in [5, 5.41) is 1.43. The van der Waals surface area contributed by atoms with E-state index in [1.807, 2.05) is 0 Å². The number of nitrogens with two attached hydrogens (primary N) is 1. The zero-order valence-corrected chi connectivity index (χ0v) is 13.7. The van der Waals surface area contributed by atoms with Crippen LogP contribution in [0.5, 0.6) is 0 Å². The number of carbonyl (C=O) groups excluding carboxylic acids is 1. The molecule has 0 spiro atoms. The Balaban J connectivity index is 3.03. The highest BCUT2D eigenvalue weighted by Gasteiger charge is 2.24. The molecule has 0 aliphatic carbocycles. The fraction of sp³-hybridized carbons (Fsp3) is 0.300. The summed E-state index contributed by atoms with van der Waals surface area (Å²) in [6, 6.07) is 3.23. The lowest BCUT2D eigenvalue weighted by Crippen LogP contribution is -2.32. The van der Waals surface area contributed by atoms with Crippen molar-refractivity contribution in [2.24, 2.45) is 0 Å². The summed E-state index contributed by atoms with van der Waals surface area (Å²) in [6.45, 7) is 1.34. The van der Waals surface area contributed by atoms with Crippen molar-refractivity contribution in [3.63, 3.8) is 0 Å². The lowest BCUT2D eigenvalue weighted by molar-refractivity contribution is -0.115. The smallest absolute Gasteiger partial charge is 0.242 e. The summed E-state index contributed by atoms with van der Waals surface area (Å²) in [5.74, 6) is -0.594. The largest absolute Gasteiger partial charge is 0.399 e. The standard InChI is InChI=1S/C10H12Br2N2O3S/c1-5(18(2,16)17)10(15)14-9-7(11)3-6(13)4-8(9)12/h3-5H,13H2,1-2H3,(H,14,15). The number of nitrogens with one attached hydrogen (secondary N) is 1. The highest BCUT2D eigenvalue weighted by molar-refractivity contribution is 9.11. The molecule has 0 saturated heterocycles. The number of carbonyl (C=O) groups is 1. The van der Waals surface area contributed by atoms with Crippen molar-refractivity contribution < 1.29 is 13.2 Å². The molecule has 0 bridgehead atoms. The molecule has 5 nitrogen and oxygen atoms in total. The van der Waals surface area contributed by atoms with E-state index >= 15 is 0 Å². The molecule has 1 amide bonds. The van der Waals surface area contributed by atoms with E-state index in [9.17, 15) is 13.2 Å². The second-order valence-electron chi connectivity index (χ2n) is 3.82. The van der Waals surface area contributed by atoms with E-state index < -0.39 is 21.0 Å². The van der Waals surface area contributed by atoms with Gasteiger partial charge in [0.2, 0.25) is 5.91 Å². The lowest BCUT2D eigenvalue weighted by Gasteiger charge is -2.13. The van der Waals surface area contributed by atoms with Gasteiger partial charge in [-0.1, -0.05) is 0 Å². The Kier molecular flexibility index (Phi) is 4.79. The molecule has 1 aromatic carbocycles. The lowest BCUT2D eigenvalue weighted by atomic mass is 10.3. The molecule has 0 heterocycles. The van der Waals surface area contributed by atoms with Crippen molar-refractivity contribution in [3.8, 4) is 0 Å². The minimum Gasteiger partial charge on any atom is -0.399 e. The number of sulfone groups is 1. The van der Waals surface area contributed by atoms with E-state index in [-0.39, 0.29) is 0 Å². The molecular formula is C10H12Br2N2O3S. The molecule has 8 heteroatoms. The van der Waals surface area contributed by atoms with Gasteiger partial charge in [0.05, 0.1) is 5.69 Å². The average Bonchev–Trinajstić information content (AvgIpc) is 2.20. The summed E-state index contributed by atoms with van der Waals surface area (Å²) >= 11 is 6.50. The fourth-order valence-electron chi connectivity index (χ4n) is 1.13. The maximum absolute atomic E-state index is 11.8. The molecule has 0 aliphatic rings. The highest BCUT2D eigenvalue weighted by Crippen LogP contribution is 2.33. The van der Waals surface area contributed by atoms with Crippen LogP contribution in [0.1, 0.15) is 6.92 Å². The molecule has 0 aliphatic heterocycles. The van der Waals surface area contributed by atoms with E-state index in [0.29, 0.717) is 20.3 Å². The predicted octanol–water partition coefficient (Wildman–Crippen LogP) is 2.17. The van der Waals surface area contributed by atoms with Gasteiger partial charge in [0, 0.05) is 20.9 Å². The zero-order valence-electron chi connectivity index (χ0n) is 9.70. The van der Waals surface area contributed by atoms with Gasteiger partial charge in [-0.25, -0.2) is 8.42 Å². The molecule has 0 saturated carbocycles. The third-order valence-corrected chi connectivity index (χ3v) is 5.07. The van der Waals surface area contributed by atoms with Crippen molar-refractivity contribution >= 4 is 59.0 Å². The first-order valence-electron chi connectivity index (χ1n) is 4.87. The van der Waals surface area contributed by atoms with Crippen molar-refractivity contribution in [1.29, 1.82) is 0 Å². The van der Waals surface area contributed by atoms with Crippen LogP contribution in [-0.2, 0) is 14.6 Å². The highest BCUT2D eigenvalue weighted by atomic mass is 79.9. The summed E-state index contributed by atoms with van der Waals surface area (Å²) in [6.07, 6.45) is 1.02. The summed E-state index contributed by atoms with van der Waals surface area (Å²) in [4.78, 5) is 11.8. The van der Waals surface area contributed by atoms with Gasteiger partial charge >= 0.3 is 0 Å². The SMILES string of the molecule is CC(C(=O)Nc1c(Br)cc(N)cc1Br)S(C)(=O)=O. The first kappa shape index (κ1) is 15.5. The number of hydrogen-bond acceptors (Lipinski definition) is 4. The van der Waals surface area contributed by atoms with E-state index in [1.165, 1.54) is 6.92 Å². The third-order valence-electron chi connectivity index (χ3n) is 2.32. The Bertz CT molecular complexity index is 564. The van der Waals surface area contributed by atoms with Crippen molar-refractivity contribution in [2.75, 3.05) is 17.3 Å². The normalized spacial score (nSPS) is 13.1. The number of benzene rings is 1. The van der Waals surface area contributed by atoms with Crippen LogP contribution in [0.3, 0.4) is 0 Å². The first-order chi connectivity index (χ1) is 8.12. The summed E-state index contributed by atoms with van der Waals surface area (Å²) in [5.41, 5.74) is 6.58. The topological polar surface area (TPSA) is 89.3 Å². The molecule has 0 aromatic heterocycles. The fourth-order valence-corrected chi connectivity index (χ4v) is 3.00. The molecule has 100 valence electrons. The van der Waals surface area contributed by atoms with Crippen LogP contribution in [0.4, 0.5) is 11.4 Å². The van der Waals surface area contributed by atoms with Crippen molar-refractivity contribution in [1.82, 2.24) is 0 Å². The average molecular weight is 400 g/mol. The van der Waals surface area contributed by atoms with Gasteiger partial charge in [0.15, 0.2) is 9.84 Å². The van der Waals surface area contributed by atoms with Crippen LogP contribution in [-0.4, -0.2) is 25.8 Å². The minimum atomic E-state index is -3.42. The van der Waals surface area contributed by atoms with Crippen molar-refractivity contribution in [2.45, 2.75) is 12.2 Å². The van der Waals surface area contributed by atoms with E-state index in [2.05, 4.69) is 37.2 Å². The molecule has 1 aromatic rings. The number of hydrogen-bond donors (Lipinski definition) is 2. The van der Waals surface area contributed by atoms with Gasteiger partial charge in [-0.15, -0.1) is 0 Å². The van der Waals surface area contributed by atoms with Crippen LogP contribution >= 0.6 is 31.9 Å². The number of anilines is 2. The number of nitrogen functional groups attached to an aromatic ring is 1. The van der Waals surface area contributed by atoms with Crippen LogP contribution in [0, 0.1) is 0 Å². The Morgan fingerprint density at radius 3 is 2.17 bits per heavy atom. The third kappa shape index (κ3) is 3.69. The monoisotopic (exact) mass is 398 g/mol. The predicted molar refractivity (Wildman–Crippen MR) is 79.2 cm³/mol. The molecule has 0 radical (unpaired) electrons. The molecule has 3 N–H and O–H groups in total. The first-order valence-corrected chi connectivity index (χ1v) is 8.41. The zero-order chi connectivity index (χ0) is 14.1. The minimum absolute atomic E-state index is 0.449. The number of rotatable bonds is 3. The quantitative estimate of drug-likeness (QED) is 0.762.